The first-order valence-corrected chi connectivity index (χ1v) is 8.92. The Labute approximate surface area is 156 Å². The fraction of sp³-hybridized carbons (Fsp3) is 0.300. The third-order valence-electron chi connectivity index (χ3n) is 4.61. The van der Waals surface area contributed by atoms with Crippen molar-refractivity contribution in [2.24, 2.45) is 0 Å². The first kappa shape index (κ1) is 17.2. The van der Waals surface area contributed by atoms with Crippen LogP contribution in [0.15, 0.2) is 51.7 Å². The third-order valence-corrected chi connectivity index (χ3v) is 4.61. The molecule has 0 aliphatic carbocycles. The molecule has 0 N–H and O–H groups in total. The fourth-order valence-corrected chi connectivity index (χ4v) is 3.20. The van der Waals surface area contributed by atoms with Gasteiger partial charge in [0.15, 0.2) is 5.89 Å². The van der Waals surface area contributed by atoms with Gasteiger partial charge in [-0.2, -0.15) is 5.10 Å². The molecule has 1 aliphatic rings. The van der Waals surface area contributed by atoms with E-state index in [4.69, 9.17) is 4.42 Å². The molecule has 7 nitrogen and oxygen atoms in total. The first-order valence-electron chi connectivity index (χ1n) is 8.92. The van der Waals surface area contributed by atoms with E-state index in [2.05, 4.69) is 10.1 Å². The molecule has 0 fully saturated rings. The van der Waals surface area contributed by atoms with Gasteiger partial charge in [0.25, 0.3) is 5.56 Å². The summed E-state index contributed by atoms with van der Waals surface area (Å²) in [4.78, 5) is 30.7. The fourth-order valence-electron chi connectivity index (χ4n) is 3.20. The highest BCUT2D eigenvalue weighted by Gasteiger charge is 2.26. The Balaban J connectivity index is 1.45. The molecule has 3 heterocycles. The van der Waals surface area contributed by atoms with Crippen LogP contribution in [0.25, 0.3) is 0 Å². The van der Waals surface area contributed by atoms with Crippen LogP contribution in [0.4, 0.5) is 0 Å². The molecule has 27 heavy (non-hydrogen) atoms. The number of rotatable bonds is 4. The van der Waals surface area contributed by atoms with Crippen molar-refractivity contribution in [1.29, 1.82) is 0 Å². The summed E-state index contributed by atoms with van der Waals surface area (Å²) in [5.41, 5.74) is 2.35. The minimum absolute atomic E-state index is 0.0649. The van der Waals surface area contributed by atoms with Crippen LogP contribution in [0, 0.1) is 6.92 Å². The van der Waals surface area contributed by atoms with Crippen LogP contribution in [0.1, 0.15) is 28.6 Å². The Morgan fingerprint density at radius 2 is 2.00 bits per heavy atom. The van der Waals surface area contributed by atoms with Crippen LogP contribution in [-0.4, -0.2) is 32.1 Å². The van der Waals surface area contributed by atoms with Crippen molar-refractivity contribution in [1.82, 2.24) is 19.7 Å². The zero-order valence-electron chi connectivity index (χ0n) is 15.1. The second-order valence-electron chi connectivity index (χ2n) is 6.68. The van der Waals surface area contributed by atoms with E-state index in [1.54, 1.807) is 17.9 Å². The van der Waals surface area contributed by atoms with Gasteiger partial charge in [0.2, 0.25) is 5.91 Å². The quantitative estimate of drug-likeness (QED) is 0.704. The van der Waals surface area contributed by atoms with Crippen LogP contribution in [-0.2, 0) is 30.7 Å². The van der Waals surface area contributed by atoms with Crippen molar-refractivity contribution in [3.8, 4) is 0 Å². The maximum atomic E-state index is 12.6. The Morgan fingerprint density at radius 1 is 1.19 bits per heavy atom. The SMILES string of the molecule is Cc1ccc(=O)n(CC(=O)N2CCc3oc(Cc4ccccc4)nc3C2)n1. The number of aromatic nitrogens is 3. The average Bonchev–Trinajstić information content (AvgIpc) is 3.06. The molecule has 0 radical (unpaired) electrons. The monoisotopic (exact) mass is 364 g/mol. The lowest BCUT2D eigenvalue weighted by Gasteiger charge is -2.25. The van der Waals surface area contributed by atoms with Crippen LogP contribution >= 0.6 is 0 Å². The molecule has 1 amide bonds. The van der Waals surface area contributed by atoms with Crippen molar-refractivity contribution < 1.29 is 9.21 Å². The van der Waals surface area contributed by atoms with E-state index in [1.807, 2.05) is 30.3 Å². The third kappa shape index (κ3) is 3.81. The molecule has 0 saturated heterocycles. The predicted octanol–water partition coefficient (Wildman–Crippen LogP) is 1.72. The Hall–Kier alpha value is -3.22. The number of aryl methyl sites for hydroxylation is 1. The normalized spacial score (nSPS) is 13.4. The van der Waals surface area contributed by atoms with Gasteiger partial charge < -0.3 is 9.32 Å². The van der Waals surface area contributed by atoms with Gasteiger partial charge in [-0.05, 0) is 18.6 Å². The van der Waals surface area contributed by atoms with E-state index in [9.17, 15) is 9.59 Å². The zero-order valence-corrected chi connectivity index (χ0v) is 15.1. The number of carbonyl (C=O) groups excluding carboxylic acids is 1. The molecule has 1 aromatic carbocycles. The van der Waals surface area contributed by atoms with Gasteiger partial charge in [0.05, 0.1) is 12.2 Å². The van der Waals surface area contributed by atoms with E-state index in [0.717, 1.165) is 17.0 Å². The van der Waals surface area contributed by atoms with Crippen molar-refractivity contribution in [3.63, 3.8) is 0 Å². The standard InChI is InChI=1S/C20H20N4O3/c1-14-7-8-19(25)24(22-14)13-20(26)23-10-9-17-16(12-23)21-18(27-17)11-15-5-3-2-4-6-15/h2-8H,9-13H2,1H3. The van der Waals surface area contributed by atoms with E-state index >= 15 is 0 Å². The highest BCUT2D eigenvalue weighted by molar-refractivity contribution is 5.76. The second kappa shape index (κ2) is 7.19. The molecule has 138 valence electrons. The molecular weight excluding hydrogens is 344 g/mol. The van der Waals surface area contributed by atoms with Gasteiger partial charge in [0.1, 0.15) is 18.0 Å². The number of oxazole rings is 1. The summed E-state index contributed by atoms with van der Waals surface area (Å²) in [6.45, 7) is 2.67. The predicted molar refractivity (Wildman–Crippen MR) is 98.1 cm³/mol. The summed E-state index contributed by atoms with van der Waals surface area (Å²) in [6, 6.07) is 13.1. The Morgan fingerprint density at radius 3 is 2.81 bits per heavy atom. The van der Waals surface area contributed by atoms with Gasteiger partial charge in [-0.25, -0.2) is 9.67 Å². The molecule has 0 spiro atoms. The van der Waals surface area contributed by atoms with Crippen molar-refractivity contribution in [2.45, 2.75) is 32.9 Å². The topological polar surface area (TPSA) is 81.2 Å². The van der Waals surface area contributed by atoms with Gasteiger partial charge >= 0.3 is 0 Å². The number of benzene rings is 1. The average molecular weight is 364 g/mol. The molecule has 2 aromatic heterocycles. The molecule has 1 aliphatic heterocycles. The number of hydrogen-bond acceptors (Lipinski definition) is 5. The van der Waals surface area contributed by atoms with Gasteiger partial charge in [0, 0.05) is 25.5 Å². The van der Waals surface area contributed by atoms with Crippen molar-refractivity contribution >= 4 is 5.91 Å². The Kier molecular flexibility index (Phi) is 4.58. The van der Waals surface area contributed by atoms with Crippen LogP contribution in [0.2, 0.25) is 0 Å². The number of fused-ring (bicyclic) bond motifs is 1. The minimum Gasteiger partial charge on any atom is -0.445 e. The number of hydrogen-bond donors (Lipinski definition) is 0. The van der Waals surface area contributed by atoms with E-state index in [0.29, 0.717) is 37.5 Å². The second-order valence-corrected chi connectivity index (χ2v) is 6.68. The highest BCUT2D eigenvalue weighted by Crippen LogP contribution is 2.21. The number of amides is 1. The van der Waals surface area contributed by atoms with Gasteiger partial charge in [-0.3, -0.25) is 9.59 Å². The zero-order chi connectivity index (χ0) is 18.8. The summed E-state index contributed by atoms with van der Waals surface area (Å²) in [7, 11) is 0. The summed E-state index contributed by atoms with van der Waals surface area (Å²) in [5, 5.41) is 4.13. The van der Waals surface area contributed by atoms with Gasteiger partial charge in [-0.1, -0.05) is 30.3 Å². The molecule has 4 rings (SSSR count). The Bertz CT molecular complexity index is 1020. The van der Waals surface area contributed by atoms with Crippen molar-refractivity contribution in [2.75, 3.05) is 6.54 Å². The molecular formula is C20H20N4O3. The summed E-state index contributed by atoms with van der Waals surface area (Å²) in [6.07, 6.45) is 1.25. The lowest BCUT2D eigenvalue weighted by molar-refractivity contribution is -0.133. The van der Waals surface area contributed by atoms with E-state index in [1.165, 1.54) is 10.7 Å². The molecule has 0 bridgehead atoms. The molecule has 3 aromatic rings. The summed E-state index contributed by atoms with van der Waals surface area (Å²) in [5.74, 6) is 1.36. The largest absolute Gasteiger partial charge is 0.445 e. The van der Waals surface area contributed by atoms with Crippen molar-refractivity contribution in [3.05, 3.63) is 81.4 Å². The maximum Gasteiger partial charge on any atom is 0.267 e. The first-order chi connectivity index (χ1) is 13.1. The van der Waals surface area contributed by atoms with Crippen LogP contribution in [0.3, 0.4) is 0 Å². The lowest BCUT2D eigenvalue weighted by atomic mass is 10.1. The molecule has 0 saturated carbocycles. The molecule has 0 atom stereocenters. The lowest BCUT2D eigenvalue weighted by Crippen LogP contribution is -2.40. The van der Waals surface area contributed by atoms with Crippen LogP contribution in [0.5, 0.6) is 0 Å². The maximum absolute atomic E-state index is 12.6. The smallest absolute Gasteiger partial charge is 0.267 e. The van der Waals surface area contributed by atoms with E-state index in [-0.39, 0.29) is 18.0 Å². The summed E-state index contributed by atoms with van der Waals surface area (Å²) >= 11 is 0. The van der Waals surface area contributed by atoms with Crippen LogP contribution < -0.4 is 5.56 Å². The van der Waals surface area contributed by atoms with E-state index < -0.39 is 0 Å². The highest BCUT2D eigenvalue weighted by atomic mass is 16.4. The number of nitrogens with zero attached hydrogens (tertiary/aromatic N) is 4. The minimum atomic E-state index is -0.279. The molecule has 0 unspecified atom stereocenters. The summed E-state index contributed by atoms with van der Waals surface area (Å²) < 4.78 is 7.08. The number of carbonyl (C=O) groups is 1. The molecule has 7 heteroatoms. The van der Waals surface area contributed by atoms with Gasteiger partial charge in [-0.15, -0.1) is 0 Å².